The second kappa shape index (κ2) is 3.90. The summed E-state index contributed by atoms with van der Waals surface area (Å²) in [6, 6.07) is 2.51. The van der Waals surface area contributed by atoms with E-state index in [9.17, 15) is 4.79 Å². The van der Waals surface area contributed by atoms with E-state index in [1.165, 1.54) is 24.2 Å². The Balaban J connectivity index is 1.92. The van der Waals surface area contributed by atoms with Crippen LogP contribution in [0.2, 0.25) is 0 Å². The molecule has 70 valence electrons. The lowest BCUT2D eigenvalue weighted by Gasteiger charge is -1.99. The Morgan fingerprint density at radius 2 is 2.46 bits per heavy atom. The normalized spacial score (nSPS) is 16.1. The van der Waals surface area contributed by atoms with Crippen LogP contribution in [0.5, 0.6) is 0 Å². The number of nitrogens with one attached hydrogen (secondary N) is 1. The zero-order chi connectivity index (χ0) is 9.26. The highest BCUT2D eigenvalue weighted by Gasteiger charge is 2.22. The summed E-state index contributed by atoms with van der Waals surface area (Å²) < 4.78 is 0.917. The number of Topliss-reactive ketones (excluding diaryl/α,β-unsaturated/α-hetero) is 1. The van der Waals surface area contributed by atoms with Crippen LogP contribution in [0.15, 0.2) is 15.9 Å². The van der Waals surface area contributed by atoms with Crippen LogP contribution in [-0.4, -0.2) is 18.4 Å². The summed E-state index contributed by atoms with van der Waals surface area (Å²) in [5.74, 6) is 0.189. The summed E-state index contributed by atoms with van der Waals surface area (Å²) in [5.41, 5.74) is 0. The maximum absolute atomic E-state index is 11.6. The van der Waals surface area contributed by atoms with E-state index in [2.05, 4.69) is 21.2 Å². The van der Waals surface area contributed by atoms with Crippen LogP contribution in [0.25, 0.3) is 0 Å². The van der Waals surface area contributed by atoms with Crippen molar-refractivity contribution in [3.05, 3.63) is 20.8 Å². The number of ketones is 1. The summed E-state index contributed by atoms with van der Waals surface area (Å²) in [7, 11) is 0. The van der Waals surface area contributed by atoms with E-state index >= 15 is 0 Å². The Morgan fingerprint density at radius 1 is 1.69 bits per heavy atom. The van der Waals surface area contributed by atoms with Gasteiger partial charge in [0.05, 0.1) is 11.4 Å². The minimum Gasteiger partial charge on any atom is -0.307 e. The van der Waals surface area contributed by atoms with Crippen LogP contribution in [0.4, 0.5) is 0 Å². The quantitative estimate of drug-likeness (QED) is 0.842. The number of carbonyl (C=O) groups is 1. The largest absolute Gasteiger partial charge is 0.307 e. The Morgan fingerprint density at radius 3 is 3.00 bits per heavy atom. The fourth-order valence-corrected chi connectivity index (χ4v) is 2.63. The third kappa shape index (κ3) is 2.39. The average molecular weight is 260 g/mol. The molecular weight excluding hydrogens is 250 g/mol. The molecule has 0 aromatic carbocycles. The number of hydrogen-bond donors (Lipinski definition) is 1. The Labute approximate surface area is 89.5 Å². The van der Waals surface area contributed by atoms with Gasteiger partial charge >= 0.3 is 0 Å². The predicted molar refractivity (Wildman–Crippen MR) is 57.4 cm³/mol. The highest BCUT2D eigenvalue weighted by atomic mass is 79.9. The molecule has 0 aliphatic heterocycles. The lowest BCUT2D eigenvalue weighted by molar-refractivity contribution is 0.0994. The van der Waals surface area contributed by atoms with Gasteiger partial charge in [-0.1, -0.05) is 0 Å². The predicted octanol–water partition coefficient (Wildman–Crippen LogP) is 2.45. The molecule has 1 heterocycles. The Bertz CT molecular complexity index is 319. The molecule has 0 unspecified atom stereocenters. The van der Waals surface area contributed by atoms with Crippen molar-refractivity contribution in [3.63, 3.8) is 0 Å². The fraction of sp³-hybridized carbons (Fsp3) is 0.444. The fourth-order valence-electron chi connectivity index (χ4n) is 1.10. The standard InChI is InChI=1S/C9H10BrNOS/c10-7-3-4-13-9(7)8(12)5-11-6-1-2-6/h3-4,6,11H,1-2,5H2. The van der Waals surface area contributed by atoms with Gasteiger partial charge in [-0.05, 0) is 40.2 Å². The van der Waals surface area contributed by atoms with Crippen LogP contribution in [0, 0.1) is 0 Å². The smallest absolute Gasteiger partial charge is 0.187 e. The van der Waals surface area contributed by atoms with Gasteiger partial charge in [0.15, 0.2) is 5.78 Å². The molecule has 1 aromatic rings. The van der Waals surface area contributed by atoms with Crippen LogP contribution < -0.4 is 5.32 Å². The summed E-state index contributed by atoms with van der Waals surface area (Å²) in [5, 5.41) is 5.13. The van der Waals surface area contributed by atoms with Gasteiger partial charge in [0.1, 0.15) is 0 Å². The van der Waals surface area contributed by atoms with Gasteiger partial charge in [-0.3, -0.25) is 4.79 Å². The van der Waals surface area contributed by atoms with Crippen molar-refractivity contribution in [2.45, 2.75) is 18.9 Å². The maximum Gasteiger partial charge on any atom is 0.187 e. The van der Waals surface area contributed by atoms with Crippen molar-refractivity contribution in [1.82, 2.24) is 5.32 Å². The van der Waals surface area contributed by atoms with E-state index in [4.69, 9.17) is 0 Å². The van der Waals surface area contributed by atoms with Crippen LogP contribution >= 0.6 is 27.3 Å². The minimum atomic E-state index is 0.189. The van der Waals surface area contributed by atoms with E-state index in [1.807, 2.05) is 11.4 Å². The highest BCUT2D eigenvalue weighted by Crippen LogP contribution is 2.23. The number of carbonyl (C=O) groups excluding carboxylic acids is 1. The Kier molecular flexibility index (Phi) is 2.81. The van der Waals surface area contributed by atoms with Gasteiger partial charge in [-0.2, -0.15) is 0 Å². The van der Waals surface area contributed by atoms with Crippen molar-refractivity contribution in [2.24, 2.45) is 0 Å². The van der Waals surface area contributed by atoms with Gasteiger partial charge in [0.25, 0.3) is 0 Å². The van der Waals surface area contributed by atoms with Crippen molar-refractivity contribution in [3.8, 4) is 0 Å². The molecule has 13 heavy (non-hydrogen) atoms. The summed E-state index contributed by atoms with van der Waals surface area (Å²) in [4.78, 5) is 12.4. The molecule has 0 saturated heterocycles. The maximum atomic E-state index is 11.6. The van der Waals surface area contributed by atoms with Crippen LogP contribution in [0.1, 0.15) is 22.5 Å². The SMILES string of the molecule is O=C(CNC1CC1)c1sccc1Br. The number of hydrogen-bond acceptors (Lipinski definition) is 3. The van der Waals surface area contributed by atoms with Gasteiger partial charge in [0.2, 0.25) is 0 Å². The lowest BCUT2D eigenvalue weighted by atomic mass is 10.3. The zero-order valence-electron chi connectivity index (χ0n) is 7.05. The molecule has 2 rings (SSSR count). The van der Waals surface area contributed by atoms with Crippen molar-refractivity contribution >= 4 is 33.0 Å². The lowest BCUT2D eigenvalue weighted by Crippen LogP contribution is -2.24. The minimum absolute atomic E-state index is 0.189. The summed E-state index contributed by atoms with van der Waals surface area (Å²) >= 11 is 4.84. The summed E-state index contributed by atoms with van der Waals surface area (Å²) in [6.07, 6.45) is 2.44. The molecule has 1 saturated carbocycles. The molecule has 0 atom stereocenters. The molecule has 1 fully saturated rings. The number of halogens is 1. The van der Waals surface area contributed by atoms with E-state index in [0.717, 1.165) is 9.35 Å². The second-order valence-electron chi connectivity index (χ2n) is 3.18. The van der Waals surface area contributed by atoms with E-state index in [0.29, 0.717) is 12.6 Å². The molecule has 1 aliphatic carbocycles. The monoisotopic (exact) mass is 259 g/mol. The molecule has 0 amide bonds. The van der Waals surface area contributed by atoms with Crippen molar-refractivity contribution in [2.75, 3.05) is 6.54 Å². The molecule has 4 heteroatoms. The molecule has 1 aliphatic rings. The molecule has 0 spiro atoms. The first-order valence-corrected chi connectivity index (χ1v) is 5.94. The number of thiophene rings is 1. The van der Waals surface area contributed by atoms with E-state index in [-0.39, 0.29) is 5.78 Å². The molecule has 1 N–H and O–H groups in total. The van der Waals surface area contributed by atoms with Gasteiger partial charge < -0.3 is 5.32 Å². The summed E-state index contributed by atoms with van der Waals surface area (Å²) in [6.45, 7) is 0.476. The molecular formula is C9H10BrNOS. The molecule has 1 aromatic heterocycles. The van der Waals surface area contributed by atoms with E-state index < -0.39 is 0 Å². The van der Waals surface area contributed by atoms with Crippen LogP contribution in [0.3, 0.4) is 0 Å². The zero-order valence-corrected chi connectivity index (χ0v) is 9.45. The highest BCUT2D eigenvalue weighted by molar-refractivity contribution is 9.10. The van der Waals surface area contributed by atoms with Gasteiger partial charge in [-0.25, -0.2) is 0 Å². The van der Waals surface area contributed by atoms with Gasteiger partial charge in [0, 0.05) is 10.5 Å². The first kappa shape index (κ1) is 9.37. The van der Waals surface area contributed by atoms with Crippen molar-refractivity contribution < 1.29 is 4.79 Å². The first-order chi connectivity index (χ1) is 6.27. The molecule has 2 nitrogen and oxygen atoms in total. The average Bonchev–Trinajstić information content (AvgIpc) is 2.84. The molecule has 0 bridgehead atoms. The number of rotatable bonds is 4. The third-order valence-corrected chi connectivity index (χ3v) is 3.88. The Hall–Kier alpha value is -0.190. The molecule has 0 radical (unpaired) electrons. The van der Waals surface area contributed by atoms with Gasteiger partial charge in [-0.15, -0.1) is 11.3 Å². The van der Waals surface area contributed by atoms with E-state index in [1.54, 1.807) is 0 Å². The van der Waals surface area contributed by atoms with Crippen molar-refractivity contribution in [1.29, 1.82) is 0 Å². The topological polar surface area (TPSA) is 29.1 Å². The first-order valence-electron chi connectivity index (χ1n) is 4.27. The third-order valence-electron chi connectivity index (χ3n) is 2.00. The second-order valence-corrected chi connectivity index (χ2v) is 4.95. The van der Waals surface area contributed by atoms with Crippen LogP contribution in [-0.2, 0) is 0 Å².